The van der Waals surface area contributed by atoms with Gasteiger partial charge in [-0.1, -0.05) is 27.7 Å². The second kappa shape index (κ2) is 20.7. The van der Waals surface area contributed by atoms with Gasteiger partial charge in [-0.25, -0.2) is 9.59 Å². The molecule has 8 aliphatic heterocycles. The van der Waals surface area contributed by atoms with Gasteiger partial charge in [0.15, 0.2) is 11.2 Å². The summed E-state index contributed by atoms with van der Waals surface area (Å²) in [7, 11) is 0. The molecule has 6 saturated heterocycles. The van der Waals surface area contributed by atoms with Crippen LogP contribution in [0.5, 0.6) is 11.5 Å². The minimum absolute atomic E-state index is 0.0274. The van der Waals surface area contributed by atoms with E-state index in [-0.39, 0.29) is 50.0 Å². The maximum Gasteiger partial charge on any atom is 0.338 e. The van der Waals surface area contributed by atoms with E-state index in [9.17, 15) is 65.1 Å². The number of amides is 2. The predicted octanol–water partition coefficient (Wildman–Crippen LogP) is 0.414. The van der Waals surface area contributed by atoms with E-state index in [1.807, 2.05) is 13.8 Å². The van der Waals surface area contributed by atoms with Gasteiger partial charge in [-0.05, 0) is 104 Å². The molecule has 79 heavy (non-hydrogen) atoms. The van der Waals surface area contributed by atoms with Crippen LogP contribution in [0, 0.1) is 23.7 Å². The molecular weight excluding hydrogens is 1030 g/mol. The highest BCUT2D eigenvalue weighted by atomic mass is 16.7. The number of pyridine rings is 2. The number of esters is 2. The highest BCUT2D eigenvalue weighted by Crippen LogP contribution is 2.53. The molecule has 6 fully saturated rings. The van der Waals surface area contributed by atoms with Crippen LogP contribution in [0.1, 0.15) is 106 Å². The normalized spacial score (nSPS) is 37.4. The summed E-state index contributed by atoms with van der Waals surface area (Å²) in [6, 6.07) is 9.74. The fraction of sp³-hybridized carbons (Fsp3) is 0.607. The summed E-state index contributed by atoms with van der Waals surface area (Å²) in [5.41, 5.74) is 3.37. The van der Waals surface area contributed by atoms with Gasteiger partial charge in [0, 0.05) is 35.7 Å². The molecule has 8 aliphatic rings. The first-order valence-corrected chi connectivity index (χ1v) is 27.4. The van der Waals surface area contributed by atoms with Crippen LogP contribution in [0.3, 0.4) is 0 Å². The zero-order valence-corrected chi connectivity index (χ0v) is 44.4. The second-order valence-corrected chi connectivity index (χ2v) is 22.2. The van der Waals surface area contributed by atoms with E-state index in [1.54, 1.807) is 67.0 Å². The van der Waals surface area contributed by atoms with Crippen molar-refractivity contribution in [2.45, 2.75) is 171 Å². The predicted molar refractivity (Wildman–Crippen MR) is 272 cm³/mol. The van der Waals surface area contributed by atoms with Crippen LogP contribution in [0.2, 0.25) is 0 Å². The van der Waals surface area contributed by atoms with E-state index in [1.165, 1.54) is 0 Å². The van der Waals surface area contributed by atoms with Crippen LogP contribution in [0.25, 0.3) is 21.8 Å². The van der Waals surface area contributed by atoms with Crippen LogP contribution in [0.15, 0.2) is 36.4 Å². The topological polar surface area (TPSA) is 338 Å². The number of fused-ring (bicyclic) bond motifs is 10. The number of carbonyl (C=O) groups excluding carboxylic acids is 4. The van der Waals surface area contributed by atoms with Crippen molar-refractivity contribution in [2.75, 3.05) is 19.8 Å². The molecule has 0 saturated carbocycles. The summed E-state index contributed by atoms with van der Waals surface area (Å²) in [5, 5.41) is 94.5. The molecule has 23 heteroatoms. The molecule has 0 aliphatic carbocycles. The molecule has 0 spiro atoms. The van der Waals surface area contributed by atoms with E-state index < -0.39 is 115 Å². The van der Waals surface area contributed by atoms with Crippen molar-refractivity contribution in [1.29, 1.82) is 0 Å². The third-order valence-corrected chi connectivity index (χ3v) is 18.3. The number of benzene rings is 2. The molecule has 2 aromatic carbocycles. The van der Waals surface area contributed by atoms with Gasteiger partial charge in [-0.2, -0.15) is 0 Å². The molecule has 10 heterocycles. The van der Waals surface area contributed by atoms with Crippen molar-refractivity contribution < 1.29 is 93.6 Å². The Bertz CT molecular complexity index is 3090. The Kier molecular flexibility index (Phi) is 14.5. The van der Waals surface area contributed by atoms with Crippen molar-refractivity contribution in [3.63, 3.8) is 0 Å². The largest absolute Gasteiger partial charge is 0.463 e. The number of nitrogens with zero attached hydrogens (tertiary/aromatic N) is 4. The van der Waals surface area contributed by atoms with E-state index in [0.717, 1.165) is 44.4 Å². The fourth-order valence-electron chi connectivity index (χ4n) is 13.6. The first-order chi connectivity index (χ1) is 37.7. The van der Waals surface area contributed by atoms with Crippen molar-refractivity contribution in [1.82, 2.24) is 19.8 Å². The molecule has 23 nitrogen and oxygen atoms in total. The SMILES string of the molecule is CCc1c2c(nc3ccc(O[C@@H]4O[C@H](CO)[C@H](O)[C@H](O)[C@H]4O)cc13)C1CC3C(COC(=O)[C@]3(O)CC)C(=O)N1C2.CCc1c2c(nc3ccc(O[C@H]4O[C@@H](C)[C@@H](O)[C@@H](O)[C@@H]4O)cc13)C1CC3C(COC(=O)[C@]3(O)CC)C(=O)N1C2. The summed E-state index contributed by atoms with van der Waals surface area (Å²) < 4.78 is 33.3. The van der Waals surface area contributed by atoms with Crippen LogP contribution < -0.4 is 9.47 Å². The number of aryl methyl sites for hydroxylation is 2. The number of rotatable bonds is 9. The standard InChI is InChI=1S/C28H34N2O10.C28H34N2O9/c1-3-13-14-7-12(39-26-24(34)23(33)22(32)20(10-31)40-26)5-6-18(14)29-21-15(13)9-30-19(21)8-17-16(25(30)35)11-38-27(36)28(17,37)4-2;1-4-14-15-8-13(39-26-24(33)23(32)22(31)12(3)38-26)6-7-19(15)29-21-16(14)10-30-20(21)9-18-17(25(30)34)11-37-27(35)28(18,36)5-2/h5-7,16-17,19-20,22-24,26,31-34,37H,3-4,8-11H2,1-2H3;6-8,12,17-18,20,22-24,26,31-33,36H,4-5,9-11H2,1-3H3/t16?,17?,19?,20-,22+,23+,24-,26-,28+;12-,17?,18?,20?,22+,23+,24-,26+,28-/m10/s1. The summed E-state index contributed by atoms with van der Waals surface area (Å²) in [6.45, 7) is 9.16. The minimum atomic E-state index is -1.71. The Morgan fingerprint density at radius 3 is 1.46 bits per heavy atom. The van der Waals surface area contributed by atoms with Crippen molar-refractivity contribution in [2.24, 2.45) is 23.7 Å². The van der Waals surface area contributed by atoms with Gasteiger partial charge in [-0.3, -0.25) is 19.6 Å². The zero-order valence-electron chi connectivity index (χ0n) is 44.4. The first kappa shape index (κ1) is 55.2. The van der Waals surface area contributed by atoms with Gasteiger partial charge in [0.25, 0.3) is 0 Å². The maximum atomic E-state index is 13.6. The Labute approximate surface area is 453 Å². The average Bonchev–Trinajstić information content (AvgIpc) is 3.81. The van der Waals surface area contributed by atoms with Gasteiger partial charge in [0.1, 0.15) is 67.4 Å². The summed E-state index contributed by atoms with van der Waals surface area (Å²) in [4.78, 5) is 65.6. The molecule has 6 unspecified atom stereocenters. The minimum Gasteiger partial charge on any atom is -0.463 e. The molecule has 12 rings (SSSR count). The molecule has 18 atom stereocenters. The number of ether oxygens (including phenoxy) is 6. The van der Waals surface area contributed by atoms with Crippen molar-refractivity contribution >= 4 is 45.6 Å². The number of cyclic esters (lactones) is 2. The molecule has 0 radical (unpaired) electrons. The summed E-state index contributed by atoms with van der Waals surface area (Å²) in [5.74, 6) is -3.20. The monoisotopic (exact) mass is 1100 g/mol. The molecule has 2 aromatic heterocycles. The van der Waals surface area contributed by atoms with E-state index in [2.05, 4.69) is 0 Å². The van der Waals surface area contributed by atoms with Crippen LogP contribution in [0.4, 0.5) is 0 Å². The molecular formula is C56H68N4O19. The number of aromatic nitrogens is 2. The highest BCUT2D eigenvalue weighted by molar-refractivity contribution is 5.91. The van der Waals surface area contributed by atoms with Gasteiger partial charge in [0.2, 0.25) is 24.4 Å². The van der Waals surface area contributed by atoms with Crippen LogP contribution >= 0.6 is 0 Å². The van der Waals surface area contributed by atoms with Gasteiger partial charge in [0.05, 0.1) is 59.1 Å². The molecule has 0 bridgehead atoms. The number of aliphatic hydroxyl groups excluding tert-OH is 7. The number of aliphatic hydroxyl groups is 9. The number of carbonyl (C=O) groups is 4. The lowest BCUT2D eigenvalue weighted by atomic mass is 9.69. The van der Waals surface area contributed by atoms with E-state index in [0.29, 0.717) is 61.3 Å². The lowest BCUT2D eigenvalue weighted by molar-refractivity contribution is -0.277. The van der Waals surface area contributed by atoms with Gasteiger partial charge < -0.3 is 84.2 Å². The average molecular weight is 1100 g/mol. The summed E-state index contributed by atoms with van der Waals surface area (Å²) in [6.07, 6.45) is -10.5. The molecule has 426 valence electrons. The van der Waals surface area contributed by atoms with Crippen molar-refractivity contribution in [3.05, 3.63) is 70.0 Å². The highest BCUT2D eigenvalue weighted by Gasteiger charge is 2.61. The Hall–Kier alpha value is -5.70. The van der Waals surface area contributed by atoms with Crippen LogP contribution in [-0.2, 0) is 64.1 Å². The smallest absolute Gasteiger partial charge is 0.338 e. The zero-order chi connectivity index (χ0) is 56.3. The van der Waals surface area contributed by atoms with Gasteiger partial charge in [-0.15, -0.1) is 0 Å². The third-order valence-electron chi connectivity index (χ3n) is 18.3. The quantitative estimate of drug-likeness (QED) is 0.103. The summed E-state index contributed by atoms with van der Waals surface area (Å²) >= 11 is 0. The second-order valence-electron chi connectivity index (χ2n) is 22.2. The number of hydrogen-bond acceptors (Lipinski definition) is 21. The van der Waals surface area contributed by atoms with Gasteiger partial charge >= 0.3 is 11.9 Å². The Morgan fingerprint density at radius 2 is 1.04 bits per heavy atom. The maximum absolute atomic E-state index is 13.6. The molecule has 2 amide bonds. The lowest BCUT2D eigenvalue weighted by Crippen LogP contribution is -2.61. The van der Waals surface area contributed by atoms with E-state index in [4.69, 9.17) is 38.4 Å². The first-order valence-electron chi connectivity index (χ1n) is 27.4. The van der Waals surface area contributed by atoms with Crippen LogP contribution in [-0.4, -0.2) is 182 Å². The fourth-order valence-corrected chi connectivity index (χ4v) is 13.6. The van der Waals surface area contributed by atoms with Crippen molar-refractivity contribution in [3.8, 4) is 11.5 Å². The number of hydrogen-bond donors (Lipinski definition) is 9. The number of piperidine rings is 2. The molecule has 4 aromatic rings. The van der Waals surface area contributed by atoms with E-state index >= 15 is 0 Å². The Morgan fingerprint density at radius 1 is 0.608 bits per heavy atom. The Balaban J connectivity index is 0.000000167. The molecule has 9 N–H and O–H groups in total. The third kappa shape index (κ3) is 8.73. The lowest BCUT2D eigenvalue weighted by Gasteiger charge is -2.48.